The second-order valence-corrected chi connectivity index (χ2v) is 5.47. The summed E-state index contributed by atoms with van der Waals surface area (Å²) in [4.78, 5) is 12.1. The first-order valence-electron chi connectivity index (χ1n) is 6.72. The van der Waals surface area contributed by atoms with E-state index in [0.717, 1.165) is 12.1 Å². The average molecular weight is 364 g/mol. The molecule has 0 bridgehead atoms. The summed E-state index contributed by atoms with van der Waals surface area (Å²) in [7, 11) is 0. The third-order valence-electron chi connectivity index (χ3n) is 3.32. The molecule has 24 heavy (non-hydrogen) atoms. The second-order valence-electron chi connectivity index (χ2n) is 5.06. The summed E-state index contributed by atoms with van der Waals surface area (Å²) in [5.41, 5.74) is -0.960. The minimum absolute atomic E-state index is 0.205. The Morgan fingerprint density at radius 3 is 2.38 bits per heavy atom. The molecule has 0 aliphatic heterocycles. The first-order valence-corrected chi connectivity index (χ1v) is 7.10. The Balaban J connectivity index is 2.22. The number of nitrogens with one attached hydrogen (secondary N) is 1. The van der Waals surface area contributed by atoms with Gasteiger partial charge in [0, 0.05) is 0 Å². The Kier molecular flexibility index (Phi) is 5.13. The SMILES string of the molecule is CC(NC(=O)c1cc(F)c(F)cc1Cl)c1cccc(C(F)(F)F)c1. The molecule has 0 aromatic heterocycles. The molecule has 0 aliphatic rings. The largest absolute Gasteiger partial charge is 0.416 e. The molecule has 1 atom stereocenters. The van der Waals surface area contributed by atoms with Crippen molar-refractivity contribution in [2.45, 2.75) is 19.1 Å². The first kappa shape index (κ1) is 18.2. The predicted octanol–water partition coefficient (Wildman–Crippen LogP) is 5.13. The van der Waals surface area contributed by atoms with Crippen molar-refractivity contribution in [1.82, 2.24) is 5.32 Å². The molecule has 8 heteroatoms. The molecule has 1 amide bonds. The van der Waals surface area contributed by atoms with Crippen LogP contribution in [0.2, 0.25) is 5.02 Å². The van der Waals surface area contributed by atoms with Crippen molar-refractivity contribution < 1.29 is 26.7 Å². The van der Waals surface area contributed by atoms with Gasteiger partial charge in [-0.1, -0.05) is 23.7 Å². The van der Waals surface area contributed by atoms with E-state index >= 15 is 0 Å². The van der Waals surface area contributed by atoms with Gasteiger partial charge in [-0.25, -0.2) is 8.78 Å². The highest BCUT2D eigenvalue weighted by atomic mass is 35.5. The number of halogens is 6. The number of hydrogen-bond acceptors (Lipinski definition) is 1. The van der Waals surface area contributed by atoms with E-state index in [1.54, 1.807) is 0 Å². The van der Waals surface area contributed by atoms with Gasteiger partial charge in [0.2, 0.25) is 0 Å². The topological polar surface area (TPSA) is 29.1 Å². The lowest BCUT2D eigenvalue weighted by atomic mass is 10.0. The molecule has 1 unspecified atom stereocenters. The zero-order chi connectivity index (χ0) is 18.1. The molecule has 0 aliphatic carbocycles. The van der Waals surface area contributed by atoms with Crippen LogP contribution in [0.4, 0.5) is 22.0 Å². The molecule has 2 aromatic carbocycles. The minimum atomic E-state index is -4.51. The van der Waals surface area contributed by atoms with Crippen molar-refractivity contribution in [3.63, 3.8) is 0 Å². The Morgan fingerprint density at radius 1 is 1.12 bits per heavy atom. The summed E-state index contributed by atoms with van der Waals surface area (Å²) in [6.07, 6.45) is -4.51. The highest BCUT2D eigenvalue weighted by molar-refractivity contribution is 6.33. The normalized spacial score (nSPS) is 12.8. The Labute approximate surface area is 139 Å². The summed E-state index contributed by atoms with van der Waals surface area (Å²) >= 11 is 5.69. The van der Waals surface area contributed by atoms with Crippen LogP contribution in [-0.4, -0.2) is 5.91 Å². The van der Waals surface area contributed by atoms with Crippen molar-refractivity contribution in [2.24, 2.45) is 0 Å². The molecule has 128 valence electrons. The zero-order valence-corrected chi connectivity index (χ0v) is 13.0. The van der Waals surface area contributed by atoms with E-state index in [1.807, 2.05) is 0 Å². The lowest BCUT2D eigenvalue weighted by Gasteiger charge is -2.17. The predicted molar refractivity (Wildman–Crippen MR) is 78.7 cm³/mol. The molecular weight excluding hydrogens is 353 g/mol. The first-order chi connectivity index (χ1) is 11.1. The van der Waals surface area contributed by atoms with Gasteiger partial charge in [-0.15, -0.1) is 0 Å². The number of rotatable bonds is 3. The van der Waals surface area contributed by atoms with Gasteiger partial charge in [-0.2, -0.15) is 13.2 Å². The van der Waals surface area contributed by atoms with Gasteiger partial charge in [-0.3, -0.25) is 4.79 Å². The Hall–Kier alpha value is -2.15. The summed E-state index contributed by atoms with van der Waals surface area (Å²) in [6, 6.07) is 4.91. The van der Waals surface area contributed by atoms with Crippen LogP contribution in [0.3, 0.4) is 0 Å². The fourth-order valence-electron chi connectivity index (χ4n) is 2.04. The fourth-order valence-corrected chi connectivity index (χ4v) is 2.27. The maximum Gasteiger partial charge on any atom is 0.416 e. The van der Waals surface area contributed by atoms with Crippen molar-refractivity contribution >= 4 is 17.5 Å². The monoisotopic (exact) mass is 363 g/mol. The number of carbonyl (C=O) groups excluding carboxylic acids is 1. The highest BCUT2D eigenvalue weighted by Crippen LogP contribution is 2.31. The van der Waals surface area contributed by atoms with Gasteiger partial charge in [-0.05, 0) is 36.8 Å². The van der Waals surface area contributed by atoms with Gasteiger partial charge in [0.25, 0.3) is 5.91 Å². The molecule has 0 saturated heterocycles. The number of alkyl halides is 3. The van der Waals surface area contributed by atoms with Crippen molar-refractivity contribution in [1.29, 1.82) is 0 Å². The molecule has 2 rings (SSSR count). The lowest BCUT2D eigenvalue weighted by Crippen LogP contribution is -2.27. The van der Waals surface area contributed by atoms with Crippen LogP contribution in [0, 0.1) is 11.6 Å². The summed E-state index contributed by atoms with van der Waals surface area (Å²) in [5.74, 6) is -3.29. The maximum atomic E-state index is 13.2. The summed E-state index contributed by atoms with van der Waals surface area (Å²) in [6.45, 7) is 1.46. The lowest BCUT2D eigenvalue weighted by molar-refractivity contribution is -0.137. The molecule has 0 spiro atoms. The van der Waals surface area contributed by atoms with Crippen molar-refractivity contribution in [3.05, 3.63) is 69.7 Å². The number of amides is 1. The average Bonchev–Trinajstić information content (AvgIpc) is 2.50. The maximum absolute atomic E-state index is 13.2. The van der Waals surface area contributed by atoms with Crippen LogP contribution in [0.15, 0.2) is 36.4 Å². The van der Waals surface area contributed by atoms with E-state index in [4.69, 9.17) is 11.6 Å². The van der Waals surface area contributed by atoms with E-state index in [-0.39, 0.29) is 16.1 Å². The van der Waals surface area contributed by atoms with Crippen LogP contribution in [0.5, 0.6) is 0 Å². The molecule has 2 aromatic rings. The standard InChI is InChI=1S/C16H11ClF5NO/c1-8(9-3-2-4-10(5-9)16(20,21)22)23-15(24)11-6-13(18)14(19)7-12(11)17/h2-8H,1H3,(H,23,24). The molecule has 0 saturated carbocycles. The van der Waals surface area contributed by atoms with Gasteiger partial charge in [0.1, 0.15) is 0 Å². The number of hydrogen-bond donors (Lipinski definition) is 1. The molecule has 0 fully saturated rings. The van der Waals surface area contributed by atoms with Crippen LogP contribution in [-0.2, 0) is 6.18 Å². The van der Waals surface area contributed by atoms with E-state index in [9.17, 15) is 26.7 Å². The van der Waals surface area contributed by atoms with Crippen LogP contribution < -0.4 is 5.32 Å². The van der Waals surface area contributed by atoms with Gasteiger partial charge in [0.15, 0.2) is 11.6 Å². The fraction of sp³-hybridized carbons (Fsp3) is 0.188. The van der Waals surface area contributed by atoms with Crippen LogP contribution in [0.1, 0.15) is 34.5 Å². The quantitative estimate of drug-likeness (QED) is 0.594. The Morgan fingerprint density at radius 2 is 1.75 bits per heavy atom. The van der Waals surface area contributed by atoms with Crippen LogP contribution in [0.25, 0.3) is 0 Å². The van der Waals surface area contributed by atoms with Crippen molar-refractivity contribution in [2.75, 3.05) is 0 Å². The molecule has 0 radical (unpaired) electrons. The second kappa shape index (κ2) is 6.76. The highest BCUT2D eigenvalue weighted by Gasteiger charge is 2.30. The van der Waals surface area contributed by atoms with Crippen LogP contribution >= 0.6 is 11.6 Å². The van der Waals surface area contributed by atoms with Gasteiger partial charge < -0.3 is 5.32 Å². The summed E-state index contributed by atoms with van der Waals surface area (Å²) in [5, 5.41) is 2.10. The third-order valence-corrected chi connectivity index (χ3v) is 3.63. The van der Waals surface area contributed by atoms with E-state index in [0.29, 0.717) is 12.1 Å². The summed E-state index contributed by atoms with van der Waals surface area (Å²) < 4.78 is 64.4. The van der Waals surface area contributed by atoms with E-state index in [2.05, 4.69) is 5.32 Å². The number of carbonyl (C=O) groups is 1. The van der Waals surface area contributed by atoms with E-state index in [1.165, 1.54) is 19.1 Å². The zero-order valence-electron chi connectivity index (χ0n) is 12.2. The van der Waals surface area contributed by atoms with Crippen molar-refractivity contribution in [3.8, 4) is 0 Å². The minimum Gasteiger partial charge on any atom is -0.345 e. The molecule has 1 N–H and O–H groups in total. The van der Waals surface area contributed by atoms with E-state index < -0.39 is 35.3 Å². The Bertz CT molecular complexity index is 776. The van der Waals surface area contributed by atoms with Gasteiger partial charge >= 0.3 is 6.18 Å². The third kappa shape index (κ3) is 4.03. The molecule has 2 nitrogen and oxygen atoms in total. The van der Waals surface area contributed by atoms with Gasteiger partial charge in [0.05, 0.1) is 22.2 Å². The number of benzene rings is 2. The molecular formula is C16H11ClF5NO. The molecule has 0 heterocycles. The smallest absolute Gasteiger partial charge is 0.345 e.